The molecule has 0 unspecified atom stereocenters. The molecular weight excluding hydrogens is 964 g/mol. The molecule has 3 heterocycles. The molecule has 6 heteroatoms. The van der Waals surface area contributed by atoms with Crippen LogP contribution in [0.2, 0.25) is 0 Å². The molecule has 7 aromatic carbocycles. The molecule has 0 N–H and O–H groups in total. The van der Waals surface area contributed by atoms with E-state index in [0.29, 0.717) is 11.5 Å². The van der Waals surface area contributed by atoms with Gasteiger partial charge in [-0.25, -0.2) is 4.98 Å². The van der Waals surface area contributed by atoms with Crippen LogP contribution in [0.5, 0.6) is 11.5 Å². The number of hydrogen-bond donors (Lipinski definition) is 0. The minimum atomic E-state index is -0.315. The van der Waals surface area contributed by atoms with E-state index in [2.05, 4.69) is 233 Å². The molecule has 322 valence electrons. The molecule has 0 saturated carbocycles. The number of hydrogen-bond acceptors (Lipinski definition) is 4. The van der Waals surface area contributed by atoms with Crippen molar-refractivity contribution >= 4 is 44.6 Å². The molecule has 5 nitrogen and oxygen atoms in total. The molecule has 0 radical (unpaired) electrons. The Morgan fingerprint density at radius 3 is 1.75 bits per heavy atom. The van der Waals surface area contributed by atoms with Crippen molar-refractivity contribution in [2.24, 2.45) is 0 Å². The normalized spacial score (nSPS) is 13.0. The molecule has 0 fully saturated rings. The summed E-state index contributed by atoms with van der Waals surface area (Å²) < 4.78 is 8.87. The third-order valence-corrected chi connectivity index (χ3v) is 12.9. The number of rotatable bonds is 9. The fraction of sp³-hybridized carbons (Fsp3) is 0.172. The molecule has 9 aromatic rings. The first-order valence-corrected chi connectivity index (χ1v) is 21.8. The van der Waals surface area contributed by atoms with E-state index in [1.165, 1.54) is 33.5 Å². The van der Waals surface area contributed by atoms with Gasteiger partial charge in [-0.3, -0.25) is 0 Å². The van der Waals surface area contributed by atoms with E-state index in [0.717, 1.165) is 44.7 Å². The van der Waals surface area contributed by atoms with E-state index in [-0.39, 0.29) is 37.3 Å². The predicted molar refractivity (Wildman–Crippen MR) is 260 cm³/mol. The number of para-hydroxylation sites is 4. The van der Waals surface area contributed by atoms with Crippen molar-refractivity contribution in [1.29, 1.82) is 0 Å². The maximum Gasteiger partial charge on any atom is 0.135 e. The Morgan fingerprint density at radius 2 is 1.09 bits per heavy atom. The monoisotopic (exact) mass is 1010 g/mol. The summed E-state index contributed by atoms with van der Waals surface area (Å²) in [6, 6.07) is 67.4. The van der Waals surface area contributed by atoms with Gasteiger partial charge in [0.25, 0.3) is 0 Å². The molecular formula is C58H51N4OPt-3. The van der Waals surface area contributed by atoms with E-state index in [4.69, 9.17) is 9.72 Å². The molecule has 0 aliphatic carbocycles. The second-order valence-electron chi connectivity index (χ2n) is 18.6. The Bertz CT molecular complexity index is 3060. The fourth-order valence-corrected chi connectivity index (χ4v) is 9.25. The quantitative estimate of drug-likeness (QED) is 0.135. The van der Waals surface area contributed by atoms with Gasteiger partial charge in [0.1, 0.15) is 5.82 Å². The maximum atomic E-state index is 6.68. The van der Waals surface area contributed by atoms with Gasteiger partial charge in [-0.2, -0.15) is 12.1 Å². The molecule has 0 bridgehead atoms. The van der Waals surface area contributed by atoms with Crippen LogP contribution in [0.1, 0.15) is 76.3 Å². The van der Waals surface area contributed by atoms with Crippen molar-refractivity contribution in [3.63, 3.8) is 0 Å². The van der Waals surface area contributed by atoms with Gasteiger partial charge in [0.15, 0.2) is 0 Å². The summed E-state index contributed by atoms with van der Waals surface area (Å²) in [6.07, 6.45) is 1.90. The molecule has 2 aromatic heterocycles. The number of fused-ring (bicyclic) bond motifs is 4. The van der Waals surface area contributed by atoms with Crippen molar-refractivity contribution in [1.82, 2.24) is 9.55 Å². The van der Waals surface area contributed by atoms with Gasteiger partial charge in [0.05, 0.1) is 0 Å². The van der Waals surface area contributed by atoms with Crippen molar-refractivity contribution in [3.05, 3.63) is 223 Å². The minimum Gasteiger partial charge on any atom is -0.509 e. The molecule has 0 amide bonds. The molecule has 0 spiro atoms. The summed E-state index contributed by atoms with van der Waals surface area (Å²) in [4.78, 5) is 9.48. The van der Waals surface area contributed by atoms with Gasteiger partial charge in [-0.1, -0.05) is 163 Å². The Balaban J connectivity index is 0.00000518. The number of nitrogens with zero attached hydrogens (tertiary/aromatic N) is 4. The summed E-state index contributed by atoms with van der Waals surface area (Å²) in [5.41, 5.74) is 11.7. The third-order valence-electron chi connectivity index (χ3n) is 12.9. The summed E-state index contributed by atoms with van der Waals surface area (Å²) in [5.74, 6) is 2.05. The van der Waals surface area contributed by atoms with Crippen LogP contribution in [0.4, 0.5) is 22.7 Å². The van der Waals surface area contributed by atoms with Crippen LogP contribution in [-0.2, 0) is 37.3 Å². The van der Waals surface area contributed by atoms with Crippen LogP contribution in [-0.4, -0.2) is 9.55 Å². The molecule has 0 atom stereocenters. The zero-order valence-electron chi connectivity index (χ0n) is 37.3. The number of anilines is 4. The van der Waals surface area contributed by atoms with E-state index < -0.39 is 0 Å². The maximum absolute atomic E-state index is 6.68. The number of pyridine rings is 1. The van der Waals surface area contributed by atoms with Crippen molar-refractivity contribution in [2.45, 2.75) is 64.7 Å². The second-order valence-corrected chi connectivity index (χ2v) is 18.6. The largest absolute Gasteiger partial charge is 0.509 e. The van der Waals surface area contributed by atoms with Crippen LogP contribution in [0, 0.1) is 18.8 Å². The van der Waals surface area contributed by atoms with Gasteiger partial charge in [-0.15, -0.1) is 48.1 Å². The van der Waals surface area contributed by atoms with E-state index >= 15 is 0 Å². The number of ether oxygens (including phenoxy) is 1. The smallest absolute Gasteiger partial charge is 0.135 e. The number of aromatic nitrogens is 2. The molecule has 10 rings (SSSR count). The zero-order valence-corrected chi connectivity index (χ0v) is 39.6. The molecule has 1 aliphatic rings. The summed E-state index contributed by atoms with van der Waals surface area (Å²) in [6.45, 7) is 18.2. The van der Waals surface area contributed by atoms with Crippen LogP contribution >= 0.6 is 0 Å². The Kier molecular flexibility index (Phi) is 11.1. The van der Waals surface area contributed by atoms with E-state index in [1.807, 2.05) is 24.4 Å². The van der Waals surface area contributed by atoms with Crippen LogP contribution in [0.25, 0.3) is 27.6 Å². The van der Waals surface area contributed by atoms with E-state index in [1.54, 1.807) is 0 Å². The van der Waals surface area contributed by atoms with Crippen LogP contribution in [0.15, 0.2) is 176 Å². The van der Waals surface area contributed by atoms with Crippen LogP contribution < -0.4 is 14.5 Å². The second kappa shape index (κ2) is 16.6. The van der Waals surface area contributed by atoms with Crippen molar-refractivity contribution in [2.75, 3.05) is 9.80 Å². The average Bonchev–Trinajstić information content (AvgIpc) is 3.85. The predicted octanol–water partition coefficient (Wildman–Crippen LogP) is 14.9. The van der Waals surface area contributed by atoms with Crippen molar-refractivity contribution < 1.29 is 25.8 Å². The van der Waals surface area contributed by atoms with Gasteiger partial charge in [0.2, 0.25) is 0 Å². The van der Waals surface area contributed by atoms with Gasteiger partial charge in [-0.05, 0) is 69.0 Å². The Morgan fingerprint density at radius 1 is 0.516 bits per heavy atom. The van der Waals surface area contributed by atoms with Crippen LogP contribution in [0.3, 0.4) is 0 Å². The molecule has 1 aliphatic heterocycles. The molecule has 0 saturated heterocycles. The molecule has 64 heavy (non-hydrogen) atoms. The standard InChI is InChI=1S/C58H51N4O.Pt/c1-56(2,3)42-34-35-59-54(36-42)62-50-29-15-14-26-46(50)47-33-32-45(38-53(47)62)63-44-25-18-24-43(37-44)60-39-61(52-31-17-16-30-51(52)60)55-48(57(4,5)40-20-10-8-11-21-40)27-19-28-49(55)58(6,7)41-22-12-9-13-23-41;/h8-36,39H,1-7H3;/q-3;. The average molecular weight is 1020 g/mol. The Labute approximate surface area is 392 Å². The third kappa shape index (κ3) is 7.50. The summed E-state index contributed by atoms with van der Waals surface area (Å²) in [5, 5.41) is 2.23. The minimum absolute atomic E-state index is 0. The number of benzene rings is 7. The summed E-state index contributed by atoms with van der Waals surface area (Å²) in [7, 11) is 0. The van der Waals surface area contributed by atoms with E-state index in [9.17, 15) is 0 Å². The van der Waals surface area contributed by atoms with Gasteiger partial charge < -0.3 is 19.1 Å². The van der Waals surface area contributed by atoms with Gasteiger partial charge >= 0.3 is 0 Å². The van der Waals surface area contributed by atoms with Gasteiger partial charge in [0, 0.05) is 72.2 Å². The first kappa shape index (κ1) is 42.9. The Hall–Kier alpha value is -6.42. The van der Waals surface area contributed by atoms with Crippen molar-refractivity contribution in [3.8, 4) is 17.3 Å². The first-order valence-electron chi connectivity index (χ1n) is 21.8. The topological polar surface area (TPSA) is 33.5 Å². The zero-order chi connectivity index (χ0) is 43.5. The fourth-order valence-electron chi connectivity index (χ4n) is 9.25. The SMILES string of the molecule is CC(C)(C)c1ccnc(-n2c3[c-]c(Oc4[c-]c(N5[CH-]N(c6c(C(C)(C)c7ccccc7)cccc6C(C)(C)c6ccccc6)c6ccccc65)ccc4)ccc3c3ccccc32)c1.[Pt]. The summed E-state index contributed by atoms with van der Waals surface area (Å²) >= 11 is 0. The first-order chi connectivity index (χ1) is 30.4.